The van der Waals surface area contributed by atoms with E-state index in [1.165, 1.54) is 74.9 Å². The first kappa shape index (κ1) is 12.3. The third-order valence-corrected chi connectivity index (χ3v) is 6.23. The second-order valence-corrected chi connectivity index (χ2v) is 7.71. The number of rotatable bonds is 4. The summed E-state index contributed by atoms with van der Waals surface area (Å²) in [6, 6.07) is 1.37. The molecular formula is C16H24N2S. The SMILES string of the molecule is C1CCC(C(NC2CC2)c2nc3c(s2)CCC3)CC1. The Balaban J connectivity index is 1.56. The first-order valence-corrected chi connectivity index (χ1v) is 8.96. The van der Waals surface area contributed by atoms with Crippen LogP contribution in [0.5, 0.6) is 0 Å². The second kappa shape index (κ2) is 5.17. The molecule has 2 nitrogen and oxygen atoms in total. The summed E-state index contributed by atoms with van der Waals surface area (Å²) >= 11 is 2.02. The Bertz CT molecular complexity index is 422. The molecule has 104 valence electrons. The fourth-order valence-corrected chi connectivity index (χ4v) is 5.03. The van der Waals surface area contributed by atoms with Crippen LogP contribution in [-0.2, 0) is 12.8 Å². The van der Waals surface area contributed by atoms with E-state index in [4.69, 9.17) is 4.98 Å². The van der Waals surface area contributed by atoms with Crippen molar-refractivity contribution in [2.75, 3.05) is 0 Å². The molecule has 3 heteroatoms. The molecule has 0 radical (unpaired) electrons. The summed E-state index contributed by atoms with van der Waals surface area (Å²) in [5.74, 6) is 0.848. The van der Waals surface area contributed by atoms with Gasteiger partial charge < -0.3 is 5.32 Å². The van der Waals surface area contributed by atoms with Crippen molar-refractivity contribution in [1.82, 2.24) is 10.3 Å². The van der Waals surface area contributed by atoms with Crippen LogP contribution < -0.4 is 5.32 Å². The van der Waals surface area contributed by atoms with Gasteiger partial charge in [-0.2, -0.15) is 0 Å². The van der Waals surface area contributed by atoms with E-state index in [0.29, 0.717) is 6.04 Å². The molecule has 0 aromatic carbocycles. The van der Waals surface area contributed by atoms with E-state index in [2.05, 4.69) is 5.32 Å². The predicted molar refractivity (Wildman–Crippen MR) is 79.6 cm³/mol. The van der Waals surface area contributed by atoms with Crippen molar-refractivity contribution in [3.8, 4) is 0 Å². The maximum atomic E-state index is 5.00. The molecule has 0 amide bonds. The van der Waals surface area contributed by atoms with Crippen molar-refractivity contribution in [3.05, 3.63) is 15.6 Å². The van der Waals surface area contributed by atoms with Crippen LogP contribution in [-0.4, -0.2) is 11.0 Å². The topological polar surface area (TPSA) is 24.9 Å². The van der Waals surface area contributed by atoms with Gasteiger partial charge in [-0.05, 0) is 50.9 Å². The van der Waals surface area contributed by atoms with E-state index in [9.17, 15) is 0 Å². The summed E-state index contributed by atoms with van der Waals surface area (Å²) in [5, 5.41) is 5.33. The van der Waals surface area contributed by atoms with Gasteiger partial charge in [0.25, 0.3) is 0 Å². The monoisotopic (exact) mass is 276 g/mol. The van der Waals surface area contributed by atoms with Gasteiger partial charge in [-0.25, -0.2) is 4.98 Å². The predicted octanol–water partition coefficient (Wildman–Crippen LogP) is 4.01. The van der Waals surface area contributed by atoms with Gasteiger partial charge in [0.1, 0.15) is 5.01 Å². The standard InChI is InChI=1S/C16H24N2S/c1-2-5-11(6-3-1)15(17-12-9-10-12)16-18-13-7-4-8-14(13)19-16/h11-12,15,17H,1-10H2. The van der Waals surface area contributed by atoms with Gasteiger partial charge in [-0.3, -0.25) is 0 Å². The van der Waals surface area contributed by atoms with Gasteiger partial charge in [-0.1, -0.05) is 19.3 Å². The molecule has 0 bridgehead atoms. The first-order valence-electron chi connectivity index (χ1n) is 8.14. The van der Waals surface area contributed by atoms with E-state index < -0.39 is 0 Å². The molecular weight excluding hydrogens is 252 g/mol. The molecule has 4 rings (SSSR count). The number of hydrogen-bond donors (Lipinski definition) is 1. The minimum absolute atomic E-state index is 0.573. The summed E-state index contributed by atoms with van der Waals surface area (Å²) in [6.45, 7) is 0. The highest BCUT2D eigenvalue weighted by Crippen LogP contribution is 2.40. The van der Waals surface area contributed by atoms with Crippen molar-refractivity contribution < 1.29 is 0 Å². The van der Waals surface area contributed by atoms with Gasteiger partial charge in [0.2, 0.25) is 0 Å². The van der Waals surface area contributed by atoms with Gasteiger partial charge >= 0.3 is 0 Å². The van der Waals surface area contributed by atoms with Crippen LogP contribution in [0, 0.1) is 5.92 Å². The smallest absolute Gasteiger partial charge is 0.110 e. The molecule has 1 aromatic heterocycles. The Labute approximate surface area is 120 Å². The third-order valence-electron chi connectivity index (χ3n) is 4.99. The van der Waals surface area contributed by atoms with Crippen LogP contribution in [0.2, 0.25) is 0 Å². The molecule has 2 saturated carbocycles. The Hall–Kier alpha value is -0.410. The highest BCUT2D eigenvalue weighted by Gasteiger charge is 2.33. The van der Waals surface area contributed by atoms with Gasteiger partial charge in [-0.15, -0.1) is 11.3 Å². The van der Waals surface area contributed by atoms with Crippen molar-refractivity contribution in [2.45, 2.75) is 76.3 Å². The zero-order valence-corrected chi connectivity index (χ0v) is 12.5. The lowest BCUT2D eigenvalue weighted by Crippen LogP contribution is -2.31. The average Bonchev–Trinajstić information content (AvgIpc) is 3.01. The Morgan fingerprint density at radius 1 is 1.00 bits per heavy atom. The fraction of sp³-hybridized carbons (Fsp3) is 0.812. The number of thiazole rings is 1. The Kier molecular flexibility index (Phi) is 3.36. The van der Waals surface area contributed by atoms with E-state index in [1.54, 1.807) is 4.88 Å². The lowest BCUT2D eigenvalue weighted by Gasteiger charge is -2.30. The minimum atomic E-state index is 0.573. The number of nitrogens with zero attached hydrogens (tertiary/aromatic N) is 1. The zero-order chi connectivity index (χ0) is 12.7. The largest absolute Gasteiger partial charge is 0.305 e. The Morgan fingerprint density at radius 3 is 2.58 bits per heavy atom. The van der Waals surface area contributed by atoms with E-state index >= 15 is 0 Å². The summed E-state index contributed by atoms with van der Waals surface area (Å²) in [6.07, 6.45) is 13.7. The van der Waals surface area contributed by atoms with E-state index in [0.717, 1.165) is 12.0 Å². The summed E-state index contributed by atoms with van der Waals surface area (Å²) < 4.78 is 0. The Morgan fingerprint density at radius 2 is 1.84 bits per heavy atom. The first-order chi connectivity index (χ1) is 9.40. The van der Waals surface area contributed by atoms with Crippen molar-refractivity contribution in [3.63, 3.8) is 0 Å². The highest BCUT2D eigenvalue weighted by atomic mass is 32.1. The second-order valence-electron chi connectivity index (χ2n) is 6.59. The molecule has 3 aliphatic rings. The van der Waals surface area contributed by atoms with Crippen LogP contribution in [0.1, 0.15) is 73.0 Å². The van der Waals surface area contributed by atoms with Crippen LogP contribution in [0.3, 0.4) is 0 Å². The van der Waals surface area contributed by atoms with Crippen LogP contribution in [0.25, 0.3) is 0 Å². The quantitative estimate of drug-likeness (QED) is 0.899. The highest BCUT2D eigenvalue weighted by molar-refractivity contribution is 7.11. The lowest BCUT2D eigenvalue weighted by atomic mass is 9.84. The number of hydrogen-bond acceptors (Lipinski definition) is 3. The molecule has 1 N–H and O–H groups in total. The normalized spacial score (nSPS) is 25.5. The molecule has 19 heavy (non-hydrogen) atoms. The molecule has 1 aromatic rings. The van der Waals surface area contributed by atoms with Gasteiger partial charge in [0, 0.05) is 10.9 Å². The van der Waals surface area contributed by atoms with Gasteiger partial charge in [0.05, 0.1) is 11.7 Å². The van der Waals surface area contributed by atoms with Crippen molar-refractivity contribution in [2.24, 2.45) is 5.92 Å². The number of nitrogens with one attached hydrogen (secondary N) is 1. The molecule has 0 saturated heterocycles. The van der Waals surface area contributed by atoms with Crippen LogP contribution in [0.15, 0.2) is 0 Å². The van der Waals surface area contributed by atoms with Crippen molar-refractivity contribution >= 4 is 11.3 Å². The summed E-state index contributed by atoms with van der Waals surface area (Å²) in [7, 11) is 0. The minimum Gasteiger partial charge on any atom is -0.305 e. The van der Waals surface area contributed by atoms with E-state index in [-0.39, 0.29) is 0 Å². The fourth-order valence-electron chi connectivity index (χ4n) is 3.72. The molecule has 0 aliphatic heterocycles. The summed E-state index contributed by atoms with van der Waals surface area (Å²) in [4.78, 5) is 6.59. The summed E-state index contributed by atoms with van der Waals surface area (Å²) in [5.41, 5.74) is 1.43. The maximum absolute atomic E-state index is 5.00. The molecule has 1 heterocycles. The molecule has 0 spiro atoms. The molecule has 1 unspecified atom stereocenters. The zero-order valence-electron chi connectivity index (χ0n) is 11.7. The maximum Gasteiger partial charge on any atom is 0.110 e. The van der Waals surface area contributed by atoms with E-state index in [1.807, 2.05) is 11.3 Å². The molecule has 2 fully saturated rings. The number of fused-ring (bicyclic) bond motifs is 1. The number of aromatic nitrogens is 1. The van der Waals surface area contributed by atoms with Crippen LogP contribution >= 0.6 is 11.3 Å². The van der Waals surface area contributed by atoms with Gasteiger partial charge in [0.15, 0.2) is 0 Å². The lowest BCUT2D eigenvalue weighted by molar-refractivity contribution is 0.269. The average molecular weight is 276 g/mol. The van der Waals surface area contributed by atoms with Crippen molar-refractivity contribution in [1.29, 1.82) is 0 Å². The molecule has 3 aliphatic carbocycles. The number of aryl methyl sites for hydroxylation is 2. The molecule has 1 atom stereocenters. The third kappa shape index (κ3) is 2.59. The van der Waals surface area contributed by atoms with Crippen LogP contribution in [0.4, 0.5) is 0 Å².